The van der Waals surface area contributed by atoms with E-state index >= 15 is 0 Å². The Labute approximate surface area is 174 Å². The van der Waals surface area contributed by atoms with Gasteiger partial charge in [-0.1, -0.05) is 10.4 Å². The van der Waals surface area contributed by atoms with Gasteiger partial charge in [0.15, 0.2) is 0 Å². The standard InChI is InChI=1S/C15H25B8N5/c16-12(17)9(13(18,19)15(22,23)14(12,20)21)5-28-4-7(3-27-28)10-8-1-2-24-11(8)26-6-25-10/h1-4,6,9H,5,16-23H2,(H,24,25,26). The van der Waals surface area contributed by atoms with E-state index in [0.717, 1.165) is 28.8 Å². The third kappa shape index (κ3) is 2.40. The summed E-state index contributed by atoms with van der Waals surface area (Å²) in [5, 5.41) is 6.56. The van der Waals surface area contributed by atoms with Crippen molar-refractivity contribution in [1.29, 1.82) is 0 Å². The van der Waals surface area contributed by atoms with Crippen LogP contribution in [0.25, 0.3) is 22.3 Å². The van der Waals surface area contributed by atoms with Crippen LogP contribution in [0, 0.1) is 5.92 Å². The molecule has 3 heterocycles. The second kappa shape index (κ2) is 5.93. The average Bonchev–Trinajstić information content (AvgIpc) is 3.28. The molecule has 0 aliphatic heterocycles. The van der Waals surface area contributed by atoms with Crippen LogP contribution in [0.15, 0.2) is 31.0 Å². The van der Waals surface area contributed by atoms with Crippen LogP contribution >= 0.6 is 0 Å². The van der Waals surface area contributed by atoms with Crippen LogP contribution in [-0.2, 0) is 6.54 Å². The Morgan fingerprint density at radius 1 is 0.964 bits per heavy atom. The van der Waals surface area contributed by atoms with Crippen molar-refractivity contribution in [1.82, 2.24) is 24.7 Å². The third-order valence-electron chi connectivity index (χ3n) is 9.16. The van der Waals surface area contributed by atoms with Gasteiger partial charge in [-0.25, -0.2) is 9.97 Å². The lowest BCUT2D eigenvalue weighted by Crippen LogP contribution is -2.39. The molecule has 0 spiro atoms. The topological polar surface area (TPSA) is 59.4 Å². The smallest absolute Gasteiger partial charge is 0.141 e. The van der Waals surface area contributed by atoms with Gasteiger partial charge in [-0.15, -0.1) is 10.4 Å². The SMILES string of the molecule is BC1(B)C(Cn2cc(-c3ncnc4[nH]ccc34)cn2)C(B)(B)C(B)(B)C1(B)B. The Bertz CT molecular complexity index is 1010. The summed E-state index contributed by atoms with van der Waals surface area (Å²) in [4.78, 5) is 12.0. The maximum absolute atomic E-state index is 4.72. The monoisotopic (exact) mass is 363 g/mol. The first kappa shape index (κ1) is 19.7. The first-order chi connectivity index (χ1) is 12.9. The Hall–Kier alpha value is -1.65. The quantitative estimate of drug-likeness (QED) is 0.475. The van der Waals surface area contributed by atoms with Gasteiger partial charge in [-0.05, 0) is 12.0 Å². The molecule has 0 aromatic carbocycles. The molecular weight excluding hydrogens is 337 g/mol. The molecule has 4 rings (SSSR count). The number of aromatic amines is 1. The predicted molar refractivity (Wildman–Crippen MR) is 138 cm³/mol. The van der Waals surface area contributed by atoms with Gasteiger partial charge in [0.2, 0.25) is 0 Å². The molecule has 3 aromatic rings. The Morgan fingerprint density at radius 2 is 1.61 bits per heavy atom. The molecule has 1 aliphatic carbocycles. The highest BCUT2D eigenvalue weighted by atomic mass is 15.3. The van der Waals surface area contributed by atoms with Gasteiger partial charge < -0.3 is 4.98 Å². The zero-order valence-corrected chi connectivity index (χ0v) is 18.5. The van der Waals surface area contributed by atoms with Crippen molar-refractivity contribution in [2.24, 2.45) is 5.92 Å². The van der Waals surface area contributed by atoms with Crippen LogP contribution < -0.4 is 0 Å². The lowest BCUT2D eigenvalue weighted by molar-refractivity contribution is 0.384. The van der Waals surface area contributed by atoms with Gasteiger partial charge >= 0.3 is 0 Å². The van der Waals surface area contributed by atoms with Gasteiger partial charge in [0, 0.05) is 29.9 Å². The fourth-order valence-corrected chi connectivity index (χ4v) is 5.72. The summed E-state index contributed by atoms with van der Waals surface area (Å²) >= 11 is 0. The van der Waals surface area contributed by atoms with Gasteiger partial charge in [0.05, 0.1) is 74.7 Å². The molecule has 0 saturated heterocycles. The van der Waals surface area contributed by atoms with E-state index in [-0.39, 0.29) is 20.9 Å². The number of hydrogen-bond donors (Lipinski definition) is 1. The fraction of sp³-hybridized carbons (Fsp3) is 0.400. The predicted octanol–water partition coefficient (Wildman–Crippen LogP) is -5.02. The lowest BCUT2D eigenvalue weighted by atomic mass is 9.17. The van der Waals surface area contributed by atoms with Gasteiger partial charge in [-0.3, -0.25) is 4.68 Å². The number of nitrogens with zero attached hydrogens (tertiary/aromatic N) is 4. The summed E-state index contributed by atoms with van der Waals surface area (Å²) in [5.74, 6) is 0.510. The molecule has 134 valence electrons. The molecule has 0 unspecified atom stereocenters. The minimum absolute atomic E-state index is 0.189. The molecule has 0 amide bonds. The van der Waals surface area contributed by atoms with Crippen LogP contribution in [0.3, 0.4) is 0 Å². The minimum atomic E-state index is 0.189. The summed E-state index contributed by atoms with van der Waals surface area (Å²) in [6.07, 6.45) is 7.58. The van der Waals surface area contributed by atoms with Crippen molar-refractivity contribution in [2.45, 2.75) is 27.4 Å². The van der Waals surface area contributed by atoms with Crippen LogP contribution in [0.4, 0.5) is 0 Å². The largest absolute Gasteiger partial charge is 0.346 e. The van der Waals surface area contributed by atoms with E-state index in [9.17, 15) is 0 Å². The van der Waals surface area contributed by atoms with E-state index in [1.54, 1.807) is 6.33 Å². The van der Waals surface area contributed by atoms with E-state index in [0.29, 0.717) is 5.92 Å². The molecule has 0 radical (unpaired) electrons. The van der Waals surface area contributed by atoms with Gasteiger partial charge in [0.1, 0.15) is 12.0 Å². The van der Waals surface area contributed by atoms with E-state index in [2.05, 4.69) is 88.6 Å². The summed E-state index contributed by atoms with van der Waals surface area (Å²) in [5.41, 5.74) is 2.83. The van der Waals surface area contributed by atoms with Crippen molar-refractivity contribution < 1.29 is 0 Å². The maximum Gasteiger partial charge on any atom is 0.141 e. The summed E-state index contributed by atoms with van der Waals surface area (Å²) in [7, 11) is 19.5. The molecule has 1 saturated carbocycles. The number of rotatable bonds is 3. The van der Waals surface area contributed by atoms with Crippen molar-refractivity contribution in [3.8, 4) is 11.3 Å². The molecule has 0 atom stereocenters. The Kier molecular flexibility index (Phi) is 4.16. The first-order valence-corrected chi connectivity index (χ1v) is 10.2. The first-order valence-electron chi connectivity index (χ1n) is 10.2. The van der Waals surface area contributed by atoms with Gasteiger partial charge in [-0.2, -0.15) is 5.10 Å². The molecule has 1 fully saturated rings. The van der Waals surface area contributed by atoms with Crippen molar-refractivity contribution in [3.63, 3.8) is 0 Å². The zero-order chi connectivity index (χ0) is 20.5. The highest BCUT2D eigenvalue weighted by Gasteiger charge is 2.65. The lowest BCUT2D eigenvalue weighted by Gasteiger charge is -2.49. The average molecular weight is 362 g/mol. The molecule has 0 bridgehead atoms. The highest BCUT2D eigenvalue weighted by molar-refractivity contribution is 6.68. The van der Waals surface area contributed by atoms with Crippen LogP contribution in [0.1, 0.15) is 0 Å². The highest BCUT2D eigenvalue weighted by Crippen LogP contribution is 2.78. The number of nitrogens with one attached hydrogen (secondary N) is 1. The zero-order valence-electron chi connectivity index (χ0n) is 18.5. The van der Waals surface area contributed by atoms with E-state index in [1.807, 2.05) is 18.5 Å². The number of H-pyrrole nitrogens is 1. The molecule has 28 heavy (non-hydrogen) atoms. The fourth-order valence-electron chi connectivity index (χ4n) is 5.72. The van der Waals surface area contributed by atoms with Crippen LogP contribution in [0.5, 0.6) is 0 Å². The number of fused-ring (bicyclic) bond motifs is 1. The molecular formula is C15H25B8N5. The second-order valence-corrected chi connectivity index (χ2v) is 10.7. The van der Waals surface area contributed by atoms with Crippen molar-refractivity contribution in [2.75, 3.05) is 0 Å². The maximum atomic E-state index is 4.72. The number of aromatic nitrogens is 5. The minimum Gasteiger partial charge on any atom is -0.346 e. The Balaban J connectivity index is 1.70. The van der Waals surface area contributed by atoms with Crippen molar-refractivity contribution >= 4 is 73.8 Å². The summed E-state index contributed by atoms with van der Waals surface area (Å²) < 4.78 is 2.11. The van der Waals surface area contributed by atoms with Crippen LogP contribution in [0.2, 0.25) is 20.9 Å². The van der Waals surface area contributed by atoms with E-state index in [4.69, 9.17) is 5.10 Å². The molecule has 3 aromatic heterocycles. The Morgan fingerprint density at radius 3 is 2.25 bits per heavy atom. The normalized spacial score (nSPS) is 22.4. The molecule has 13 heteroatoms. The molecule has 5 nitrogen and oxygen atoms in total. The van der Waals surface area contributed by atoms with E-state index in [1.165, 1.54) is 0 Å². The summed E-state index contributed by atoms with van der Waals surface area (Å²) in [6, 6.07) is 2.02. The molecule has 1 aliphatic rings. The second-order valence-electron chi connectivity index (χ2n) is 10.7. The number of hydrogen-bond acceptors (Lipinski definition) is 3. The van der Waals surface area contributed by atoms with Crippen molar-refractivity contribution in [3.05, 3.63) is 31.0 Å². The van der Waals surface area contributed by atoms with Crippen LogP contribution in [-0.4, -0.2) is 87.5 Å². The van der Waals surface area contributed by atoms with E-state index < -0.39 is 0 Å². The third-order valence-corrected chi connectivity index (χ3v) is 9.16. The summed E-state index contributed by atoms with van der Waals surface area (Å²) in [6.45, 7) is 0.911. The molecule has 1 N–H and O–H groups in total. The van der Waals surface area contributed by atoms with Gasteiger partial charge in [0.25, 0.3) is 0 Å².